The quantitative estimate of drug-likeness (QED) is 0.856. The van der Waals surface area contributed by atoms with E-state index in [2.05, 4.69) is 35.7 Å². The summed E-state index contributed by atoms with van der Waals surface area (Å²) in [5, 5.41) is 14.5. The van der Waals surface area contributed by atoms with E-state index in [1.165, 1.54) is 22.5 Å². The summed E-state index contributed by atoms with van der Waals surface area (Å²) in [7, 11) is 0. The second-order valence-electron chi connectivity index (χ2n) is 5.93. The molecule has 0 unspecified atom stereocenters. The summed E-state index contributed by atoms with van der Waals surface area (Å²) in [6, 6.07) is 16.6. The van der Waals surface area contributed by atoms with Crippen LogP contribution >= 0.6 is 11.8 Å². The molecule has 0 bridgehead atoms. The number of nitrogens with one attached hydrogen (secondary N) is 1. The molecule has 0 saturated heterocycles. The Morgan fingerprint density at radius 1 is 1.32 bits per heavy atom. The summed E-state index contributed by atoms with van der Waals surface area (Å²) in [6.07, 6.45) is 2.06. The normalized spacial score (nSPS) is 16.7. The summed E-state index contributed by atoms with van der Waals surface area (Å²) in [4.78, 5) is 13.2. The standard InChI is InChI=1S/C18H18N2OS/c1-18(12-19,15-7-8-15)20-17(21)11-22-16-9-6-13-4-2-3-5-14(13)10-16/h2-6,9-10,15H,7-8,11H2,1H3,(H,20,21)/t18-/m0/s1. The lowest BCUT2D eigenvalue weighted by Gasteiger charge is -2.22. The largest absolute Gasteiger partial charge is 0.337 e. The van der Waals surface area contributed by atoms with E-state index in [1.807, 2.05) is 25.1 Å². The van der Waals surface area contributed by atoms with Crippen LogP contribution in [-0.2, 0) is 4.79 Å². The summed E-state index contributed by atoms with van der Waals surface area (Å²) in [5.41, 5.74) is -0.707. The van der Waals surface area contributed by atoms with Crippen molar-refractivity contribution < 1.29 is 4.79 Å². The molecule has 0 spiro atoms. The van der Waals surface area contributed by atoms with Crippen LogP contribution in [0.25, 0.3) is 10.8 Å². The van der Waals surface area contributed by atoms with Gasteiger partial charge < -0.3 is 5.32 Å². The first-order valence-corrected chi connectivity index (χ1v) is 8.43. The molecule has 1 N–H and O–H groups in total. The number of benzene rings is 2. The molecule has 1 atom stereocenters. The van der Waals surface area contributed by atoms with Crippen LogP contribution < -0.4 is 5.32 Å². The molecule has 2 aromatic rings. The SMILES string of the molecule is C[C@@](C#N)(NC(=O)CSc1ccc2ccccc2c1)C1CC1. The Bertz CT molecular complexity index is 748. The topological polar surface area (TPSA) is 52.9 Å². The number of amides is 1. The lowest BCUT2D eigenvalue weighted by atomic mass is 9.98. The summed E-state index contributed by atoms with van der Waals surface area (Å²) >= 11 is 1.51. The van der Waals surface area contributed by atoms with Crippen molar-refractivity contribution in [3.8, 4) is 6.07 Å². The molecule has 0 radical (unpaired) electrons. The van der Waals surface area contributed by atoms with Gasteiger partial charge in [-0.15, -0.1) is 11.8 Å². The molecule has 22 heavy (non-hydrogen) atoms. The highest BCUT2D eigenvalue weighted by Crippen LogP contribution is 2.39. The van der Waals surface area contributed by atoms with Crippen LogP contribution in [-0.4, -0.2) is 17.2 Å². The molecule has 1 fully saturated rings. The third-order valence-electron chi connectivity index (χ3n) is 4.12. The van der Waals surface area contributed by atoms with Gasteiger partial charge in [0.15, 0.2) is 0 Å². The molecule has 4 heteroatoms. The van der Waals surface area contributed by atoms with Crippen molar-refractivity contribution in [3.05, 3.63) is 42.5 Å². The Labute approximate surface area is 134 Å². The zero-order valence-electron chi connectivity index (χ0n) is 12.5. The predicted octanol–water partition coefficient (Wildman–Crippen LogP) is 3.74. The van der Waals surface area contributed by atoms with Gasteiger partial charge in [-0.25, -0.2) is 0 Å². The molecule has 0 aliphatic heterocycles. The first-order chi connectivity index (χ1) is 10.6. The Balaban J connectivity index is 1.61. The Morgan fingerprint density at radius 2 is 2.05 bits per heavy atom. The van der Waals surface area contributed by atoms with Gasteiger partial charge in [-0.1, -0.05) is 30.3 Å². The average Bonchev–Trinajstić information content (AvgIpc) is 3.38. The molecule has 0 heterocycles. The van der Waals surface area contributed by atoms with E-state index in [9.17, 15) is 10.1 Å². The van der Waals surface area contributed by atoms with Crippen LogP contribution in [0.2, 0.25) is 0 Å². The van der Waals surface area contributed by atoms with Crippen molar-refractivity contribution in [3.63, 3.8) is 0 Å². The lowest BCUT2D eigenvalue weighted by Crippen LogP contribution is -2.47. The van der Waals surface area contributed by atoms with Crippen LogP contribution in [0, 0.1) is 17.2 Å². The molecule has 1 saturated carbocycles. The predicted molar refractivity (Wildman–Crippen MR) is 89.6 cm³/mol. The summed E-state index contributed by atoms with van der Waals surface area (Å²) < 4.78 is 0. The van der Waals surface area contributed by atoms with Gasteiger partial charge in [-0.2, -0.15) is 5.26 Å². The van der Waals surface area contributed by atoms with Gasteiger partial charge in [0.2, 0.25) is 5.91 Å². The smallest absolute Gasteiger partial charge is 0.231 e. The van der Waals surface area contributed by atoms with Crippen molar-refractivity contribution in [2.45, 2.75) is 30.2 Å². The Morgan fingerprint density at radius 3 is 2.73 bits per heavy atom. The van der Waals surface area contributed by atoms with Crippen LogP contribution in [0.4, 0.5) is 0 Å². The molecule has 112 valence electrons. The Kier molecular flexibility index (Phi) is 4.08. The van der Waals surface area contributed by atoms with E-state index in [-0.39, 0.29) is 5.91 Å². The fourth-order valence-electron chi connectivity index (χ4n) is 2.61. The number of nitriles is 1. The number of carbonyl (C=O) groups excluding carboxylic acids is 1. The zero-order chi connectivity index (χ0) is 15.6. The number of nitrogens with zero attached hydrogens (tertiary/aromatic N) is 1. The van der Waals surface area contributed by atoms with Crippen molar-refractivity contribution in [2.75, 3.05) is 5.75 Å². The van der Waals surface area contributed by atoms with E-state index >= 15 is 0 Å². The number of hydrogen-bond donors (Lipinski definition) is 1. The minimum absolute atomic E-state index is 0.0749. The molecule has 3 rings (SSSR count). The van der Waals surface area contributed by atoms with Crippen LogP contribution in [0.5, 0.6) is 0 Å². The third kappa shape index (κ3) is 3.26. The molecule has 2 aromatic carbocycles. The van der Waals surface area contributed by atoms with E-state index in [1.54, 1.807) is 0 Å². The molecule has 1 aliphatic carbocycles. The maximum Gasteiger partial charge on any atom is 0.231 e. The fourth-order valence-corrected chi connectivity index (χ4v) is 3.36. The Hall–Kier alpha value is -1.99. The zero-order valence-corrected chi connectivity index (χ0v) is 13.3. The van der Waals surface area contributed by atoms with Gasteiger partial charge in [0.1, 0.15) is 5.54 Å². The average molecular weight is 310 g/mol. The van der Waals surface area contributed by atoms with Crippen molar-refractivity contribution in [1.82, 2.24) is 5.32 Å². The second-order valence-corrected chi connectivity index (χ2v) is 6.98. The number of rotatable bonds is 5. The first kappa shape index (κ1) is 14.9. The highest BCUT2D eigenvalue weighted by atomic mass is 32.2. The monoisotopic (exact) mass is 310 g/mol. The van der Waals surface area contributed by atoms with E-state index in [4.69, 9.17) is 0 Å². The van der Waals surface area contributed by atoms with E-state index in [0.717, 1.165) is 17.7 Å². The van der Waals surface area contributed by atoms with Crippen LogP contribution in [0.1, 0.15) is 19.8 Å². The maximum atomic E-state index is 12.1. The first-order valence-electron chi connectivity index (χ1n) is 7.44. The van der Waals surface area contributed by atoms with E-state index < -0.39 is 5.54 Å². The van der Waals surface area contributed by atoms with Gasteiger partial charge in [-0.05, 0) is 48.6 Å². The molecule has 1 amide bonds. The summed E-state index contributed by atoms with van der Waals surface area (Å²) in [6.45, 7) is 1.82. The van der Waals surface area contributed by atoms with Gasteiger partial charge in [0, 0.05) is 4.90 Å². The lowest BCUT2D eigenvalue weighted by molar-refractivity contribution is -0.119. The fraction of sp³-hybridized carbons (Fsp3) is 0.333. The minimum atomic E-state index is -0.707. The van der Waals surface area contributed by atoms with Crippen LogP contribution in [0.15, 0.2) is 47.4 Å². The third-order valence-corrected chi connectivity index (χ3v) is 5.11. The van der Waals surface area contributed by atoms with Crippen molar-refractivity contribution >= 4 is 28.4 Å². The molecule has 0 aromatic heterocycles. The van der Waals surface area contributed by atoms with Gasteiger partial charge in [0.05, 0.1) is 11.8 Å². The van der Waals surface area contributed by atoms with Gasteiger partial charge in [-0.3, -0.25) is 4.79 Å². The molecule has 1 aliphatic rings. The maximum absolute atomic E-state index is 12.1. The highest BCUT2D eigenvalue weighted by Gasteiger charge is 2.42. The summed E-state index contributed by atoms with van der Waals surface area (Å²) in [5.74, 6) is 0.573. The number of fused-ring (bicyclic) bond motifs is 1. The highest BCUT2D eigenvalue weighted by molar-refractivity contribution is 8.00. The molecular formula is C18H18N2OS. The number of carbonyl (C=O) groups is 1. The second kappa shape index (κ2) is 6.02. The van der Waals surface area contributed by atoms with Gasteiger partial charge in [0.25, 0.3) is 0 Å². The van der Waals surface area contributed by atoms with E-state index in [0.29, 0.717) is 11.7 Å². The molecular weight excluding hydrogens is 292 g/mol. The number of hydrogen-bond acceptors (Lipinski definition) is 3. The molecule has 3 nitrogen and oxygen atoms in total. The van der Waals surface area contributed by atoms with Crippen LogP contribution in [0.3, 0.4) is 0 Å². The van der Waals surface area contributed by atoms with Gasteiger partial charge >= 0.3 is 0 Å². The minimum Gasteiger partial charge on any atom is -0.337 e. The van der Waals surface area contributed by atoms with Crippen molar-refractivity contribution in [1.29, 1.82) is 5.26 Å². The number of thioether (sulfide) groups is 1. The van der Waals surface area contributed by atoms with Crippen molar-refractivity contribution in [2.24, 2.45) is 5.92 Å².